The van der Waals surface area contributed by atoms with Crippen molar-refractivity contribution in [3.05, 3.63) is 12.2 Å². The molecular formula is C25H33NO5. The van der Waals surface area contributed by atoms with Crippen molar-refractivity contribution < 1.29 is 23.9 Å². The van der Waals surface area contributed by atoms with E-state index in [9.17, 15) is 14.4 Å². The molecule has 2 saturated heterocycles. The van der Waals surface area contributed by atoms with Crippen molar-refractivity contribution in [1.29, 1.82) is 0 Å². The highest BCUT2D eigenvalue weighted by Crippen LogP contribution is 2.72. The smallest absolute Gasteiger partial charge is 0.312 e. The van der Waals surface area contributed by atoms with Crippen LogP contribution in [0.3, 0.4) is 0 Å². The molecule has 0 aromatic heterocycles. The second-order valence-corrected chi connectivity index (χ2v) is 11.3. The topological polar surface area (TPSA) is 72.9 Å². The molecular weight excluding hydrogens is 394 g/mol. The van der Waals surface area contributed by atoms with Gasteiger partial charge in [-0.2, -0.15) is 0 Å². The molecule has 4 bridgehead atoms. The van der Waals surface area contributed by atoms with Crippen LogP contribution in [0.4, 0.5) is 0 Å². The number of esters is 1. The van der Waals surface area contributed by atoms with E-state index in [0.717, 1.165) is 45.2 Å². The summed E-state index contributed by atoms with van der Waals surface area (Å²) >= 11 is 0. The molecule has 1 spiro atoms. The zero-order valence-corrected chi connectivity index (χ0v) is 18.5. The van der Waals surface area contributed by atoms with E-state index in [1.165, 1.54) is 0 Å². The number of morpholine rings is 1. The molecule has 6 heteroatoms. The minimum absolute atomic E-state index is 0.0404. The number of cyclic esters (lactones) is 1. The van der Waals surface area contributed by atoms with Gasteiger partial charge in [-0.05, 0) is 55.4 Å². The van der Waals surface area contributed by atoms with Crippen molar-refractivity contribution in [2.24, 2.45) is 39.9 Å². The Labute approximate surface area is 183 Å². The van der Waals surface area contributed by atoms with E-state index >= 15 is 0 Å². The summed E-state index contributed by atoms with van der Waals surface area (Å²) in [7, 11) is 0. The van der Waals surface area contributed by atoms with Gasteiger partial charge in [0.25, 0.3) is 0 Å². The Morgan fingerprint density at radius 2 is 1.90 bits per heavy atom. The van der Waals surface area contributed by atoms with Gasteiger partial charge in [-0.1, -0.05) is 19.9 Å². The van der Waals surface area contributed by atoms with Gasteiger partial charge in [-0.25, -0.2) is 0 Å². The summed E-state index contributed by atoms with van der Waals surface area (Å²) < 4.78 is 11.4. The summed E-state index contributed by atoms with van der Waals surface area (Å²) in [5.41, 5.74) is -1.34. The first-order valence-electron chi connectivity index (χ1n) is 12.1. The molecule has 0 aromatic carbocycles. The van der Waals surface area contributed by atoms with Gasteiger partial charge in [-0.15, -0.1) is 0 Å². The molecule has 5 saturated carbocycles. The van der Waals surface area contributed by atoms with Crippen molar-refractivity contribution in [3.63, 3.8) is 0 Å². The van der Waals surface area contributed by atoms with Crippen LogP contribution in [0.2, 0.25) is 0 Å². The van der Waals surface area contributed by atoms with Gasteiger partial charge in [0.2, 0.25) is 0 Å². The quantitative estimate of drug-likeness (QED) is 0.383. The maximum atomic E-state index is 14.4. The fourth-order valence-electron chi connectivity index (χ4n) is 8.88. The van der Waals surface area contributed by atoms with E-state index in [2.05, 4.69) is 18.4 Å². The van der Waals surface area contributed by atoms with Crippen LogP contribution in [0.15, 0.2) is 12.2 Å². The van der Waals surface area contributed by atoms with Crippen molar-refractivity contribution in [2.45, 2.75) is 45.4 Å². The Morgan fingerprint density at radius 3 is 2.68 bits per heavy atom. The monoisotopic (exact) mass is 427 g/mol. The van der Waals surface area contributed by atoms with Crippen molar-refractivity contribution in [2.75, 3.05) is 39.5 Å². The number of carbonyl (C=O) groups is 3. The highest BCUT2D eigenvalue weighted by molar-refractivity contribution is 6.18. The first-order chi connectivity index (χ1) is 14.8. The molecule has 7 rings (SSSR count). The summed E-state index contributed by atoms with van der Waals surface area (Å²) in [6.45, 7) is 10.3. The zero-order chi connectivity index (χ0) is 21.6. The van der Waals surface area contributed by atoms with Gasteiger partial charge in [0, 0.05) is 31.0 Å². The summed E-state index contributed by atoms with van der Waals surface area (Å²) in [6, 6.07) is 0. The maximum absolute atomic E-state index is 14.4. The summed E-state index contributed by atoms with van der Waals surface area (Å²) in [5.74, 6) is -0.541. The number of hydrogen-bond donors (Lipinski definition) is 0. The van der Waals surface area contributed by atoms with Crippen molar-refractivity contribution in [3.8, 4) is 0 Å². The number of fused-ring (bicyclic) bond motifs is 2. The lowest BCUT2D eigenvalue weighted by atomic mass is 9.33. The molecule has 7 aliphatic rings. The number of Topliss-reactive ketones (excluding diaryl/α,β-unsaturated/α-hetero) is 2. The van der Waals surface area contributed by atoms with Gasteiger partial charge < -0.3 is 9.47 Å². The first-order valence-corrected chi connectivity index (χ1v) is 12.1. The Kier molecular flexibility index (Phi) is 4.22. The molecule has 0 amide bonds. The van der Waals surface area contributed by atoms with E-state index in [0.29, 0.717) is 38.4 Å². The van der Waals surface area contributed by atoms with Crippen molar-refractivity contribution in [1.82, 2.24) is 4.90 Å². The number of nitrogens with zero attached hydrogens (tertiary/aromatic N) is 1. The number of ether oxygens (including phenoxy) is 2. The number of carbonyl (C=O) groups excluding carboxylic acids is 3. The van der Waals surface area contributed by atoms with E-state index in [4.69, 9.17) is 9.47 Å². The molecule has 0 aromatic rings. The molecule has 31 heavy (non-hydrogen) atoms. The highest BCUT2D eigenvalue weighted by Gasteiger charge is 2.78. The van der Waals surface area contributed by atoms with Crippen LogP contribution in [0.1, 0.15) is 45.4 Å². The second-order valence-electron chi connectivity index (χ2n) is 11.3. The third-order valence-electron chi connectivity index (χ3n) is 10.1. The Hall–Kier alpha value is -1.53. The third kappa shape index (κ3) is 2.33. The molecule has 168 valence electrons. The fraction of sp³-hybridized carbons (Fsp3) is 0.800. The van der Waals surface area contributed by atoms with E-state index in [1.807, 2.05) is 0 Å². The standard InChI is InChI=1S/C25H33NO5/c1-15-16-4-7-25(20(15)27)18(12-16)24-6-3-5-23(2,14-31-22(24)29)19(24)17(21(25)28)13-26-8-10-30-11-9-26/h16-19H,1,3-14H2,2H3/t16-,17+,18?,19?,23+,24-,25?/m1/s1. The van der Waals surface area contributed by atoms with Gasteiger partial charge in [0.15, 0.2) is 11.6 Å². The van der Waals surface area contributed by atoms with Gasteiger partial charge in [-0.3, -0.25) is 19.3 Å². The fourth-order valence-corrected chi connectivity index (χ4v) is 8.88. The SMILES string of the molecule is C=C1C(=O)C23CC[C@@H]1CC2[C@@]12CCC[C@@](C)(COC1=O)C2[C@H](CN1CCOCC1)C3=O. The lowest BCUT2D eigenvalue weighted by Crippen LogP contribution is -2.75. The van der Waals surface area contributed by atoms with Crippen LogP contribution in [-0.2, 0) is 23.9 Å². The molecule has 7 atom stereocenters. The van der Waals surface area contributed by atoms with Gasteiger partial charge in [0.05, 0.1) is 30.7 Å². The van der Waals surface area contributed by atoms with E-state index in [1.54, 1.807) is 0 Å². The van der Waals surface area contributed by atoms with Crippen LogP contribution in [-0.4, -0.2) is 61.9 Å². The van der Waals surface area contributed by atoms with E-state index in [-0.39, 0.29) is 46.6 Å². The van der Waals surface area contributed by atoms with Crippen LogP contribution >= 0.6 is 0 Å². The number of hydrogen-bond acceptors (Lipinski definition) is 6. The number of ketones is 2. The first kappa shape index (κ1) is 20.1. The van der Waals surface area contributed by atoms with Gasteiger partial charge in [0.1, 0.15) is 0 Å². The average Bonchev–Trinajstić information content (AvgIpc) is 2.78. The molecule has 2 heterocycles. The highest BCUT2D eigenvalue weighted by atomic mass is 16.5. The molecule has 5 aliphatic carbocycles. The van der Waals surface area contributed by atoms with Crippen LogP contribution in [0, 0.1) is 39.9 Å². The van der Waals surface area contributed by atoms with Crippen LogP contribution in [0.5, 0.6) is 0 Å². The lowest BCUT2D eigenvalue weighted by molar-refractivity contribution is -0.242. The molecule has 7 fully saturated rings. The predicted octanol–water partition coefficient (Wildman–Crippen LogP) is 2.41. The number of rotatable bonds is 2. The third-order valence-corrected chi connectivity index (χ3v) is 10.1. The van der Waals surface area contributed by atoms with E-state index < -0.39 is 10.8 Å². The Bertz CT molecular complexity index is 877. The Morgan fingerprint density at radius 1 is 1.13 bits per heavy atom. The van der Waals surface area contributed by atoms with Crippen LogP contribution in [0.25, 0.3) is 0 Å². The van der Waals surface area contributed by atoms with Crippen LogP contribution < -0.4 is 0 Å². The minimum atomic E-state index is -1.06. The molecule has 3 unspecified atom stereocenters. The molecule has 0 radical (unpaired) electrons. The largest absolute Gasteiger partial charge is 0.465 e. The lowest BCUT2D eigenvalue weighted by Gasteiger charge is -2.69. The maximum Gasteiger partial charge on any atom is 0.312 e. The van der Waals surface area contributed by atoms with Crippen molar-refractivity contribution >= 4 is 17.5 Å². The summed E-state index contributed by atoms with van der Waals surface area (Å²) in [4.78, 5) is 44.1. The summed E-state index contributed by atoms with van der Waals surface area (Å²) in [6.07, 6.45) is 4.84. The molecule has 6 nitrogen and oxygen atoms in total. The van der Waals surface area contributed by atoms with Gasteiger partial charge >= 0.3 is 5.97 Å². The minimum Gasteiger partial charge on any atom is -0.465 e. The Balaban J connectivity index is 1.53. The summed E-state index contributed by atoms with van der Waals surface area (Å²) in [5, 5.41) is 0. The zero-order valence-electron chi connectivity index (χ0n) is 18.5. The predicted molar refractivity (Wildman–Crippen MR) is 112 cm³/mol. The second kappa shape index (κ2) is 6.50. The molecule has 0 N–H and O–H groups in total. The normalized spacial score (nSPS) is 49.5. The average molecular weight is 428 g/mol. The molecule has 2 aliphatic heterocycles. The number of allylic oxidation sites excluding steroid dienone is 1.